The summed E-state index contributed by atoms with van der Waals surface area (Å²) in [6.45, 7) is 1.36. The van der Waals surface area contributed by atoms with E-state index < -0.39 is 10.7 Å². The van der Waals surface area contributed by atoms with Crippen molar-refractivity contribution < 1.29 is 14.1 Å². The van der Waals surface area contributed by atoms with E-state index in [1.807, 2.05) is 4.90 Å². The smallest absolute Gasteiger partial charge is 0.293 e. The number of nitro groups is 1. The van der Waals surface area contributed by atoms with Crippen LogP contribution in [0.2, 0.25) is 0 Å². The summed E-state index contributed by atoms with van der Waals surface area (Å²) in [5, 5.41) is 11.1. The van der Waals surface area contributed by atoms with E-state index >= 15 is 0 Å². The predicted octanol–water partition coefficient (Wildman–Crippen LogP) is 2.93. The average molecular weight is 266 g/mol. The highest BCUT2D eigenvalue weighted by Crippen LogP contribution is 2.32. The molecule has 0 amide bonds. The van der Waals surface area contributed by atoms with E-state index in [9.17, 15) is 19.3 Å². The fourth-order valence-corrected chi connectivity index (χ4v) is 2.37. The molecule has 1 heterocycles. The van der Waals surface area contributed by atoms with E-state index in [2.05, 4.69) is 0 Å². The zero-order chi connectivity index (χ0) is 13.8. The third-order valence-corrected chi connectivity index (χ3v) is 3.36. The lowest BCUT2D eigenvalue weighted by Gasteiger charge is -2.22. The molecule has 2 rings (SSSR count). The predicted molar refractivity (Wildman–Crippen MR) is 69.1 cm³/mol. The van der Waals surface area contributed by atoms with Crippen molar-refractivity contribution in [2.45, 2.75) is 25.7 Å². The lowest BCUT2D eigenvalue weighted by atomic mass is 10.1. The molecular formula is C13H15FN2O3. The molecule has 102 valence electrons. The van der Waals surface area contributed by atoms with Gasteiger partial charge in [-0.05, 0) is 12.8 Å². The maximum atomic E-state index is 13.7. The maximum absolute atomic E-state index is 13.7. The summed E-state index contributed by atoms with van der Waals surface area (Å²) in [5.74, 6) is -0.708. The number of carbonyl (C=O) groups excluding carboxylic acids is 1. The molecule has 6 heteroatoms. The van der Waals surface area contributed by atoms with Crippen LogP contribution in [0.4, 0.5) is 15.8 Å². The average Bonchev–Trinajstić information content (AvgIpc) is 2.66. The summed E-state index contributed by atoms with van der Waals surface area (Å²) in [5.41, 5.74) is -0.203. The van der Waals surface area contributed by atoms with Gasteiger partial charge in [-0.25, -0.2) is 4.39 Å². The summed E-state index contributed by atoms with van der Waals surface area (Å²) < 4.78 is 13.7. The molecule has 5 nitrogen and oxygen atoms in total. The number of hydrogen-bond acceptors (Lipinski definition) is 4. The zero-order valence-electron chi connectivity index (χ0n) is 10.5. The number of nitro benzene ring substituents is 1. The largest absolute Gasteiger partial charge is 0.366 e. The SMILES string of the molecule is O=Cc1cc([N+](=O)[O-])c(N2CCCCCC2)cc1F. The fraction of sp³-hybridized carbons (Fsp3) is 0.462. The van der Waals surface area contributed by atoms with Crippen molar-refractivity contribution in [1.29, 1.82) is 0 Å². The van der Waals surface area contributed by atoms with Crippen molar-refractivity contribution in [2.75, 3.05) is 18.0 Å². The first-order chi connectivity index (χ1) is 9.13. The van der Waals surface area contributed by atoms with Gasteiger partial charge in [-0.3, -0.25) is 14.9 Å². The highest BCUT2D eigenvalue weighted by Gasteiger charge is 2.23. The van der Waals surface area contributed by atoms with Crippen molar-refractivity contribution in [3.63, 3.8) is 0 Å². The quantitative estimate of drug-likeness (QED) is 0.479. The number of hydrogen-bond donors (Lipinski definition) is 0. The van der Waals surface area contributed by atoms with E-state index in [1.54, 1.807) is 0 Å². The van der Waals surface area contributed by atoms with E-state index in [1.165, 1.54) is 0 Å². The van der Waals surface area contributed by atoms with Gasteiger partial charge in [-0.2, -0.15) is 0 Å². The van der Waals surface area contributed by atoms with Crippen molar-refractivity contribution in [3.05, 3.63) is 33.6 Å². The Bertz CT molecular complexity index is 497. The number of anilines is 1. The Hall–Kier alpha value is -1.98. The molecule has 0 saturated carbocycles. The van der Waals surface area contributed by atoms with Crippen LogP contribution in [-0.2, 0) is 0 Å². The summed E-state index contributed by atoms with van der Waals surface area (Å²) in [6.07, 6.45) is 4.34. The van der Waals surface area contributed by atoms with Gasteiger partial charge in [0.1, 0.15) is 11.5 Å². The summed E-state index contributed by atoms with van der Waals surface area (Å²) in [6, 6.07) is 2.12. The normalized spacial score (nSPS) is 15.9. The van der Waals surface area contributed by atoms with Crippen LogP contribution in [0, 0.1) is 15.9 Å². The lowest BCUT2D eigenvalue weighted by Crippen LogP contribution is -2.25. The van der Waals surface area contributed by atoms with Gasteiger partial charge in [0.05, 0.1) is 10.5 Å². The van der Waals surface area contributed by atoms with E-state index in [-0.39, 0.29) is 16.9 Å². The van der Waals surface area contributed by atoms with Gasteiger partial charge in [-0.1, -0.05) is 12.8 Å². The van der Waals surface area contributed by atoms with E-state index in [0.717, 1.165) is 37.8 Å². The Labute approximate surface area is 110 Å². The standard InChI is InChI=1S/C13H15FN2O3/c14-11-8-12(15-5-3-1-2-4-6-15)13(16(18)19)7-10(11)9-17/h7-9H,1-6H2. The topological polar surface area (TPSA) is 63.4 Å². The van der Waals surface area contributed by atoms with E-state index in [0.29, 0.717) is 19.4 Å². The van der Waals surface area contributed by atoms with Gasteiger partial charge in [0.15, 0.2) is 6.29 Å². The molecular weight excluding hydrogens is 251 g/mol. The Morgan fingerprint density at radius 3 is 2.37 bits per heavy atom. The number of rotatable bonds is 3. The highest BCUT2D eigenvalue weighted by atomic mass is 19.1. The molecule has 19 heavy (non-hydrogen) atoms. The van der Waals surface area contributed by atoms with Crippen molar-refractivity contribution in [1.82, 2.24) is 0 Å². The molecule has 1 saturated heterocycles. The number of nitrogens with zero attached hydrogens (tertiary/aromatic N) is 2. The minimum absolute atomic E-state index is 0.203. The third kappa shape index (κ3) is 2.89. The van der Waals surface area contributed by atoms with Crippen LogP contribution in [0.3, 0.4) is 0 Å². The highest BCUT2D eigenvalue weighted by molar-refractivity contribution is 5.80. The first-order valence-electron chi connectivity index (χ1n) is 6.31. The molecule has 1 fully saturated rings. The summed E-state index contributed by atoms with van der Waals surface area (Å²) >= 11 is 0. The summed E-state index contributed by atoms with van der Waals surface area (Å²) in [7, 11) is 0. The second kappa shape index (κ2) is 5.77. The number of benzene rings is 1. The first kappa shape index (κ1) is 13.5. The minimum Gasteiger partial charge on any atom is -0.366 e. The second-order valence-corrected chi connectivity index (χ2v) is 4.64. The van der Waals surface area contributed by atoms with Gasteiger partial charge in [0.25, 0.3) is 5.69 Å². The molecule has 1 aliphatic heterocycles. The fourth-order valence-electron chi connectivity index (χ4n) is 2.37. The van der Waals surface area contributed by atoms with Crippen molar-refractivity contribution in [3.8, 4) is 0 Å². The number of carbonyl (C=O) groups is 1. The van der Waals surface area contributed by atoms with Crippen molar-refractivity contribution >= 4 is 17.7 Å². The molecule has 1 aromatic carbocycles. The van der Waals surface area contributed by atoms with Crippen LogP contribution in [0.15, 0.2) is 12.1 Å². The van der Waals surface area contributed by atoms with Gasteiger partial charge in [-0.15, -0.1) is 0 Å². The molecule has 0 spiro atoms. The maximum Gasteiger partial charge on any atom is 0.293 e. The molecule has 0 N–H and O–H groups in total. The van der Waals surface area contributed by atoms with Gasteiger partial charge in [0.2, 0.25) is 0 Å². The number of aldehydes is 1. The van der Waals surface area contributed by atoms with Crippen LogP contribution in [0.1, 0.15) is 36.0 Å². The van der Waals surface area contributed by atoms with Crippen LogP contribution < -0.4 is 4.90 Å². The third-order valence-electron chi connectivity index (χ3n) is 3.36. The molecule has 0 radical (unpaired) electrons. The van der Waals surface area contributed by atoms with Gasteiger partial charge in [0, 0.05) is 25.2 Å². The Balaban J connectivity index is 2.44. The van der Waals surface area contributed by atoms with Crippen LogP contribution in [0.25, 0.3) is 0 Å². The Morgan fingerprint density at radius 2 is 1.84 bits per heavy atom. The molecule has 0 atom stereocenters. The zero-order valence-corrected chi connectivity index (χ0v) is 10.5. The van der Waals surface area contributed by atoms with Crippen LogP contribution in [-0.4, -0.2) is 24.3 Å². The molecule has 0 aliphatic carbocycles. The molecule has 0 bridgehead atoms. The van der Waals surface area contributed by atoms with Crippen LogP contribution in [0.5, 0.6) is 0 Å². The van der Waals surface area contributed by atoms with Gasteiger partial charge < -0.3 is 4.90 Å². The first-order valence-corrected chi connectivity index (χ1v) is 6.31. The Kier molecular flexibility index (Phi) is 4.09. The second-order valence-electron chi connectivity index (χ2n) is 4.64. The molecule has 1 aliphatic rings. The Morgan fingerprint density at radius 1 is 1.21 bits per heavy atom. The molecule has 1 aromatic rings. The van der Waals surface area contributed by atoms with Gasteiger partial charge >= 0.3 is 0 Å². The van der Waals surface area contributed by atoms with Crippen molar-refractivity contribution in [2.24, 2.45) is 0 Å². The number of halogens is 1. The lowest BCUT2D eigenvalue weighted by molar-refractivity contribution is -0.384. The molecule has 0 unspecified atom stereocenters. The minimum atomic E-state index is -0.708. The summed E-state index contributed by atoms with van der Waals surface area (Å²) in [4.78, 5) is 23.0. The van der Waals surface area contributed by atoms with E-state index in [4.69, 9.17) is 0 Å². The van der Waals surface area contributed by atoms with Crippen LogP contribution >= 0.6 is 0 Å². The monoisotopic (exact) mass is 266 g/mol. The molecule has 0 aromatic heterocycles.